The van der Waals surface area contributed by atoms with Gasteiger partial charge in [-0.05, 0) is 33.1 Å². The summed E-state index contributed by atoms with van der Waals surface area (Å²) in [4.78, 5) is 13.0. The first-order valence-electron chi connectivity index (χ1n) is 5.44. The van der Waals surface area contributed by atoms with Crippen molar-refractivity contribution in [1.29, 1.82) is 0 Å². The first-order valence-corrected chi connectivity index (χ1v) is 5.44. The van der Waals surface area contributed by atoms with Gasteiger partial charge in [-0.3, -0.25) is 4.90 Å². The average molecular weight is 213 g/mol. The van der Waals surface area contributed by atoms with Crippen LogP contribution in [0.2, 0.25) is 0 Å². The molecule has 1 atom stereocenters. The van der Waals surface area contributed by atoms with Crippen molar-refractivity contribution in [3.8, 4) is 0 Å². The summed E-state index contributed by atoms with van der Waals surface area (Å²) in [6.45, 7) is 4.66. The fraction of sp³-hybridized carbons (Fsp3) is 0.727. The van der Waals surface area contributed by atoms with Crippen molar-refractivity contribution in [2.24, 2.45) is 0 Å². The molecule has 0 fully saturated rings. The Hall–Kier alpha value is -1.03. The van der Waals surface area contributed by atoms with E-state index >= 15 is 0 Å². The lowest BCUT2D eigenvalue weighted by molar-refractivity contribution is 0.119. The highest BCUT2D eigenvalue weighted by molar-refractivity contribution is 5.69. The van der Waals surface area contributed by atoms with Crippen LogP contribution in [0.15, 0.2) is 11.8 Å². The molecule has 1 unspecified atom stereocenters. The first kappa shape index (κ1) is 12.0. The topological polar surface area (TPSA) is 49.8 Å². The molecule has 0 aliphatic carbocycles. The number of hydrogen-bond acceptors (Lipinski definition) is 3. The molecule has 1 rings (SSSR count). The molecule has 1 N–H and O–H groups in total. The van der Waals surface area contributed by atoms with Gasteiger partial charge < -0.3 is 9.84 Å². The van der Waals surface area contributed by atoms with Gasteiger partial charge in [0.05, 0.1) is 12.7 Å². The van der Waals surface area contributed by atoms with Gasteiger partial charge in [0.15, 0.2) is 0 Å². The number of ether oxygens (including phenoxy) is 1. The zero-order valence-corrected chi connectivity index (χ0v) is 9.40. The maximum atomic E-state index is 11.4. The quantitative estimate of drug-likeness (QED) is 0.779. The van der Waals surface area contributed by atoms with Gasteiger partial charge in [-0.2, -0.15) is 0 Å². The monoisotopic (exact) mass is 213 g/mol. The van der Waals surface area contributed by atoms with E-state index in [-0.39, 0.29) is 12.2 Å². The van der Waals surface area contributed by atoms with Crippen LogP contribution in [0, 0.1) is 0 Å². The SMILES string of the molecule is CCOC(=O)N1C=C(CC(C)O)CCC1. The molecule has 0 aromatic rings. The fourth-order valence-electron chi connectivity index (χ4n) is 1.71. The Kier molecular flexibility index (Phi) is 4.62. The van der Waals surface area contributed by atoms with E-state index in [1.165, 1.54) is 0 Å². The number of aliphatic hydroxyl groups is 1. The summed E-state index contributed by atoms with van der Waals surface area (Å²) < 4.78 is 4.91. The third-order valence-corrected chi connectivity index (χ3v) is 2.30. The molecule has 0 saturated heterocycles. The van der Waals surface area contributed by atoms with E-state index < -0.39 is 0 Å². The second kappa shape index (κ2) is 5.75. The third kappa shape index (κ3) is 3.91. The molecule has 1 heterocycles. The van der Waals surface area contributed by atoms with Crippen LogP contribution in [-0.4, -0.2) is 35.4 Å². The maximum absolute atomic E-state index is 11.4. The fourth-order valence-corrected chi connectivity index (χ4v) is 1.71. The lowest BCUT2D eigenvalue weighted by atomic mass is 10.0. The molecule has 86 valence electrons. The molecular formula is C11H19NO3. The van der Waals surface area contributed by atoms with Gasteiger partial charge in [0.25, 0.3) is 0 Å². The van der Waals surface area contributed by atoms with Crippen molar-refractivity contribution in [3.05, 3.63) is 11.8 Å². The predicted molar refractivity (Wildman–Crippen MR) is 57.3 cm³/mol. The molecular weight excluding hydrogens is 194 g/mol. The largest absolute Gasteiger partial charge is 0.449 e. The Balaban J connectivity index is 2.55. The summed E-state index contributed by atoms with van der Waals surface area (Å²) in [7, 11) is 0. The van der Waals surface area contributed by atoms with Crippen LogP contribution in [0.4, 0.5) is 4.79 Å². The minimum Gasteiger partial charge on any atom is -0.449 e. The number of nitrogens with zero attached hydrogens (tertiary/aromatic N) is 1. The van der Waals surface area contributed by atoms with Crippen LogP contribution in [0.3, 0.4) is 0 Å². The lowest BCUT2D eigenvalue weighted by Crippen LogP contribution is -2.30. The number of carbonyl (C=O) groups excluding carboxylic acids is 1. The average Bonchev–Trinajstić information content (AvgIpc) is 2.17. The molecule has 0 aromatic carbocycles. The Labute approximate surface area is 90.5 Å². The van der Waals surface area contributed by atoms with Crippen molar-refractivity contribution in [3.63, 3.8) is 0 Å². The van der Waals surface area contributed by atoms with E-state index in [0.717, 1.165) is 18.4 Å². The minimum absolute atomic E-state index is 0.291. The molecule has 15 heavy (non-hydrogen) atoms. The van der Waals surface area contributed by atoms with Crippen molar-refractivity contribution in [2.75, 3.05) is 13.2 Å². The summed E-state index contributed by atoms with van der Waals surface area (Å²) >= 11 is 0. The molecule has 0 aromatic heterocycles. The summed E-state index contributed by atoms with van der Waals surface area (Å²) in [5.74, 6) is 0. The van der Waals surface area contributed by atoms with Crippen molar-refractivity contribution in [1.82, 2.24) is 4.90 Å². The molecule has 1 aliphatic rings. The molecule has 0 bridgehead atoms. The van der Waals surface area contributed by atoms with Gasteiger partial charge in [0.1, 0.15) is 0 Å². The zero-order valence-electron chi connectivity index (χ0n) is 9.40. The van der Waals surface area contributed by atoms with Crippen LogP contribution >= 0.6 is 0 Å². The Morgan fingerprint density at radius 2 is 2.47 bits per heavy atom. The number of amides is 1. The summed E-state index contributed by atoms with van der Waals surface area (Å²) in [5.41, 5.74) is 1.12. The second-order valence-electron chi connectivity index (χ2n) is 3.84. The Morgan fingerprint density at radius 1 is 1.73 bits per heavy atom. The van der Waals surface area contributed by atoms with Gasteiger partial charge >= 0.3 is 6.09 Å². The molecule has 4 heteroatoms. The molecule has 0 saturated carbocycles. The number of hydrogen-bond donors (Lipinski definition) is 1. The van der Waals surface area contributed by atoms with Crippen molar-refractivity contribution >= 4 is 6.09 Å². The van der Waals surface area contributed by atoms with Crippen LogP contribution < -0.4 is 0 Å². The predicted octanol–water partition coefficient (Wildman–Crippen LogP) is 1.89. The van der Waals surface area contributed by atoms with Crippen LogP contribution in [0.1, 0.15) is 33.1 Å². The Bertz CT molecular complexity index is 248. The standard InChI is InChI=1S/C11H19NO3/c1-3-15-11(14)12-6-4-5-10(8-12)7-9(2)13/h8-9,13H,3-7H2,1-2H3. The van der Waals surface area contributed by atoms with E-state index in [9.17, 15) is 9.90 Å². The van der Waals surface area contributed by atoms with E-state index in [1.54, 1.807) is 18.7 Å². The maximum Gasteiger partial charge on any atom is 0.413 e. The number of rotatable bonds is 3. The molecule has 0 spiro atoms. The van der Waals surface area contributed by atoms with Gasteiger partial charge in [-0.25, -0.2) is 4.79 Å². The summed E-state index contributed by atoms with van der Waals surface area (Å²) in [5, 5.41) is 9.26. The Morgan fingerprint density at radius 3 is 3.07 bits per heavy atom. The summed E-state index contributed by atoms with van der Waals surface area (Å²) in [6, 6.07) is 0. The van der Waals surface area contributed by atoms with Crippen LogP contribution in [-0.2, 0) is 4.74 Å². The van der Waals surface area contributed by atoms with Crippen LogP contribution in [0.25, 0.3) is 0 Å². The van der Waals surface area contributed by atoms with E-state index in [2.05, 4.69) is 0 Å². The van der Waals surface area contributed by atoms with E-state index in [1.807, 2.05) is 6.20 Å². The zero-order chi connectivity index (χ0) is 11.3. The highest BCUT2D eigenvalue weighted by Gasteiger charge is 2.17. The van der Waals surface area contributed by atoms with Gasteiger partial charge in [-0.15, -0.1) is 0 Å². The van der Waals surface area contributed by atoms with E-state index in [0.29, 0.717) is 19.6 Å². The normalized spacial score (nSPS) is 18.3. The number of carbonyl (C=O) groups is 1. The van der Waals surface area contributed by atoms with Crippen molar-refractivity contribution < 1.29 is 14.6 Å². The van der Waals surface area contributed by atoms with Gasteiger partial charge in [0.2, 0.25) is 0 Å². The minimum atomic E-state index is -0.349. The second-order valence-corrected chi connectivity index (χ2v) is 3.84. The molecule has 0 radical (unpaired) electrons. The molecule has 1 amide bonds. The van der Waals surface area contributed by atoms with Gasteiger partial charge in [0, 0.05) is 12.7 Å². The molecule has 1 aliphatic heterocycles. The number of aliphatic hydroxyl groups excluding tert-OH is 1. The lowest BCUT2D eigenvalue weighted by Gasteiger charge is -2.24. The highest BCUT2D eigenvalue weighted by atomic mass is 16.6. The van der Waals surface area contributed by atoms with E-state index in [4.69, 9.17) is 4.74 Å². The molecule has 4 nitrogen and oxygen atoms in total. The van der Waals surface area contributed by atoms with Gasteiger partial charge in [-0.1, -0.05) is 5.57 Å². The summed E-state index contributed by atoms with van der Waals surface area (Å²) in [6.07, 6.45) is 3.71. The third-order valence-electron chi connectivity index (χ3n) is 2.30. The van der Waals surface area contributed by atoms with Crippen LogP contribution in [0.5, 0.6) is 0 Å². The highest BCUT2D eigenvalue weighted by Crippen LogP contribution is 2.19. The first-order chi connectivity index (χ1) is 7.13. The van der Waals surface area contributed by atoms with Crippen molar-refractivity contribution in [2.45, 2.75) is 39.2 Å². The smallest absolute Gasteiger partial charge is 0.413 e.